The number of terminal acetylenes is 1. The first-order valence-electron chi connectivity index (χ1n) is 5.23. The summed E-state index contributed by atoms with van der Waals surface area (Å²) >= 11 is 0. The highest BCUT2D eigenvalue weighted by Crippen LogP contribution is 2.37. The third-order valence-corrected chi connectivity index (χ3v) is 3.25. The van der Waals surface area contributed by atoms with Gasteiger partial charge in [0.1, 0.15) is 0 Å². The molecule has 2 rings (SSSR count). The molecule has 0 spiro atoms. The van der Waals surface area contributed by atoms with Crippen molar-refractivity contribution < 1.29 is 4.79 Å². The van der Waals surface area contributed by atoms with Crippen LogP contribution in [-0.2, 0) is 6.42 Å². The van der Waals surface area contributed by atoms with E-state index >= 15 is 0 Å². The van der Waals surface area contributed by atoms with Crippen LogP contribution in [0.4, 0.5) is 0 Å². The molecule has 1 aromatic carbocycles. The van der Waals surface area contributed by atoms with E-state index in [1.165, 1.54) is 0 Å². The molecule has 0 aromatic heterocycles. The number of rotatable bonds is 1. The van der Waals surface area contributed by atoms with Crippen molar-refractivity contribution >= 4 is 5.78 Å². The van der Waals surface area contributed by atoms with Crippen molar-refractivity contribution in [2.24, 2.45) is 5.41 Å². The van der Waals surface area contributed by atoms with Crippen LogP contribution in [-0.4, -0.2) is 5.78 Å². The molecule has 1 aliphatic carbocycles. The van der Waals surface area contributed by atoms with Crippen molar-refractivity contribution in [2.75, 3.05) is 0 Å². The molecule has 0 amide bonds. The summed E-state index contributed by atoms with van der Waals surface area (Å²) in [4.78, 5) is 12.2. The molecule has 0 bridgehead atoms. The topological polar surface area (TPSA) is 17.1 Å². The van der Waals surface area contributed by atoms with Gasteiger partial charge >= 0.3 is 0 Å². The van der Waals surface area contributed by atoms with Crippen LogP contribution in [0.2, 0.25) is 0 Å². The third kappa shape index (κ3) is 1.57. The molecule has 0 N–H and O–H groups in total. The largest absolute Gasteiger partial charge is 0.294 e. The summed E-state index contributed by atoms with van der Waals surface area (Å²) in [5, 5.41) is 0. The minimum atomic E-state index is -0.344. The molecule has 1 heteroatoms. The molecule has 1 aromatic rings. The van der Waals surface area contributed by atoms with E-state index in [0.29, 0.717) is 6.42 Å². The summed E-state index contributed by atoms with van der Waals surface area (Å²) in [7, 11) is 0. The van der Waals surface area contributed by atoms with Gasteiger partial charge in [-0.3, -0.25) is 4.79 Å². The lowest BCUT2D eigenvalue weighted by Gasteiger charge is -2.31. The van der Waals surface area contributed by atoms with Gasteiger partial charge in [-0.2, -0.15) is 0 Å². The van der Waals surface area contributed by atoms with Crippen molar-refractivity contribution in [3.8, 4) is 12.3 Å². The van der Waals surface area contributed by atoms with Crippen LogP contribution in [0.1, 0.15) is 35.7 Å². The Morgan fingerprint density at radius 3 is 2.93 bits per heavy atom. The highest BCUT2D eigenvalue weighted by molar-refractivity contribution is 6.02. The van der Waals surface area contributed by atoms with Gasteiger partial charge in [-0.25, -0.2) is 0 Å². The van der Waals surface area contributed by atoms with Crippen LogP contribution in [0, 0.1) is 17.8 Å². The summed E-state index contributed by atoms with van der Waals surface area (Å²) in [6, 6.07) is 7.84. The quantitative estimate of drug-likeness (QED) is 0.634. The van der Waals surface area contributed by atoms with Crippen LogP contribution in [0.5, 0.6) is 0 Å². The van der Waals surface area contributed by atoms with E-state index in [4.69, 9.17) is 6.42 Å². The number of fused-ring (bicyclic) bond motifs is 1. The van der Waals surface area contributed by atoms with Gasteiger partial charge < -0.3 is 0 Å². The van der Waals surface area contributed by atoms with E-state index in [9.17, 15) is 4.79 Å². The maximum atomic E-state index is 12.2. The predicted octanol–water partition coefficient (Wildman–Crippen LogP) is 2.85. The number of Topliss-reactive ketones (excluding diaryl/α,β-unsaturated/α-hetero) is 1. The Balaban J connectivity index is 2.43. The molecule has 1 nitrogen and oxygen atoms in total. The molecule has 0 saturated carbocycles. The highest BCUT2D eigenvalue weighted by atomic mass is 16.1. The fraction of sp³-hybridized carbons (Fsp3) is 0.357. The van der Waals surface area contributed by atoms with Crippen LogP contribution in [0.25, 0.3) is 0 Å². The molecule has 0 heterocycles. The number of carbonyl (C=O) groups is 1. The first kappa shape index (κ1) is 9.98. The smallest absolute Gasteiger partial charge is 0.169 e. The van der Waals surface area contributed by atoms with E-state index in [1.54, 1.807) is 0 Å². The monoisotopic (exact) mass is 198 g/mol. The fourth-order valence-electron chi connectivity index (χ4n) is 2.20. The second kappa shape index (κ2) is 3.55. The van der Waals surface area contributed by atoms with Crippen LogP contribution in [0.15, 0.2) is 24.3 Å². The molecular formula is C14H14O. The Morgan fingerprint density at radius 2 is 2.20 bits per heavy atom. The van der Waals surface area contributed by atoms with E-state index in [-0.39, 0.29) is 11.2 Å². The van der Waals surface area contributed by atoms with Gasteiger partial charge in [-0.15, -0.1) is 12.3 Å². The first-order valence-corrected chi connectivity index (χ1v) is 5.23. The Bertz CT molecular complexity index is 439. The maximum Gasteiger partial charge on any atom is 0.169 e. The average Bonchev–Trinajstić information content (AvgIpc) is 2.25. The van der Waals surface area contributed by atoms with Crippen molar-refractivity contribution in [1.29, 1.82) is 0 Å². The van der Waals surface area contributed by atoms with Crippen LogP contribution < -0.4 is 0 Å². The number of ketones is 1. The number of benzene rings is 1. The summed E-state index contributed by atoms with van der Waals surface area (Å²) in [6.45, 7) is 1.98. The molecule has 0 aliphatic heterocycles. The fourth-order valence-corrected chi connectivity index (χ4v) is 2.20. The third-order valence-electron chi connectivity index (χ3n) is 3.25. The molecule has 76 valence electrons. The first-order chi connectivity index (χ1) is 7.17. The Labute approximate surface area is 90.5 Å². The summed E-state index contributed by atoms with van der Waals surface area (Å²) in [5.41, 5.74) is 1.68. The van der Waals surface area contributed by atoms with Gasteiger partial charge in [0.15, 0.2) is 5.78 Å². The summed E-state index contributed by atoms with van der Waals surface area (Å²) in [5.74, 6) is 2.83. The van der Waals surface area contributed by atoms with E-state index in [2.05, 4.69) is 5.92 Å². The minimum Gasteiger partial charge on any atom is -0.294 e. The van der Waals surface area contributed by atoms with Crippen molar-refractivity contribution in [3.05, 3.63) is 35.4 Å². The zero-order valence-electron chi connectivity index (χ0n) is 8.92. The number of hydrogen-bond donors (Lipinski definition) is 0. The van der Waals surface area contributed by atoms with E-state index < -0.39 is 0 Å². The SMILES string of the molecule is C#CC[C@]1(C)CCc2ccccc2C1=O. The normalized spacial score (nSPS) is 24.4. The molecule has 1 aliphatic rings. The zero-order valence-corrected chi connectivity index (χ0v) is 8.92. The van der Waals surface area contributed by atoms with Gasteiger partial charge in [0.25, 0.3) is 0 Å². The van der Waals surface area contributed by atoms with Gasteiger partial charge in [0.2, 0.25) is 0 Å². The molecule has 0 radical (unpaired) electrons. The highest BCUT2D eigenvalue weighted by Gasteiger charge is 2.37. The van der Waals surface area contributed by atoms with Crippen LogP contribution >= 0.6 is 0 Å². The van der Waals surface area contributed by atoms with Crippen LogP contribution in [0.3, 0.4) is 0 Å². The summed E-state index contributed by atoms with van der Waals surface area (Å²) in [6.07, 6.45) is 7.69. The van der Waals surface area contributed by atoms with Gasteiger partial charge in [-0.1, -0.05) is 31.2 Å². The molecule has 15 heavy (non-hydrogen) atoms. The number of aryl methyl sites for hydroxylation is 1. The lowest BCUT2D eigenvalue weighted by atomic mass is 9.70. The minimum absolute atomic E-state index is 0.210. The van der Waals surface area contributed by atoms with E-state index in [1.807, 2.05) is 31.2 Å². The molecule has 0 saturated heterocycles. The second-order valence-corrected chi connectivity index (χ2v) is 4.43. The second-order valence-electron chi connectivity index (χ2n) is 4.43. The molecule has 0 fully saturated rings. The van der Waals surface area contributed by atoms with E-state index in [0.717, 1.165) is 24.0 Å². The molecular weight excluding hydrogens is 184 g/mol. The Morgan fingerprint density at radius 1 is 1.47 bits per heavy atom. The van der Waals surface area contributed by atoms with Crippen molar-refractivity contribution in [3.63, 3.8) is 0 Å². The zero-order chi connectivity index (χ0) is 10.9. The van der Waals surface area contributed by atoms with Gasteiger partial charge in [0.05, 0.1) is 0 Å². The predicted molar refractivity (Wildman–Crippen MR) is 60.7 cm³/mol. The number of carbonyl (C=O) groups excluding carboxylic acids is 1. The molecule has 0 unspecified atom stereocenters. The van der Waals surface area contributed by atoms with Gasteiger partial charge in [-0.05, 0) is 18.4 Å². The lowest BCUT2D eigenvalue weighted by Crippen LogP contribution is -2.32. The van der Waals surface area contributed by atoms with Gasteiger partial charge in [0, 0.05) is 17.4 Å². The molecule has 1 atom stereocenters. The standard InChI is InChI=1S/C14H14O/c1-3-9-14(2)10-8-11-6-4-5-7-12(11)13(14)15/h1,4-7H,8-10H2,2H3/t14-/m1/s1. The Hall–Kier alpha value is -1.55. The average molecular weight is 198 g/mol. The number of hydrogen-bond acceptors (Lipinski definition) is 1. The van der Waals surface area contributed by atoms with Crippen molar-refractivity contribution in [1.82, 2.24) is 0 Å². The summed E-state index contributed by atoms with van der Waals surface area (Å²) < 4.78 is 0. The maximum absolute atomic E-state index is 12.2. The lowest BCUT2D eigenvalue weighted by molar-refractivity contribution is 0.0792. The Kier molecular flexibility index (Phi) is 2.36. The van der Waals surface area contributed by atoms with Crippen molar-refractivity contribution in [2.45, 2.75) is 26.2 Å².